The monoisotopic (exact) mass is 381 g/mol. The topological polar surface area (TPSA) is 111 Å². The summed E-state index contributed by atoms with van der Waals surface area (Å²) in [6, 6.07) is 5.57. The largest absolute Gasteiger partial charge is 0.368 e. The van der Waals surface area contributed by atoms with E-state index in [4.69, 9.17) is 4.52 Å². The van der Waals surface area contributed by atoms with E-state index in [-0.39, 0.29) is 5.91 Å². The van der Waals surface area contributed by atoms with E-state index in [0.29, 0.717) is 42.2 Å². The van der Waals surface area contributed by atoms with Crippen LogP contribution in [0.5, 0.6) is 0 Å². The Morgan fingerprint density at radius 1 is 1.18 bits per heavy atom. The van der Waals surface area contributed by atoms with Crippen LogP contribution in [0.3, 0.4) is 0 Å². The van der Waals surface area contributed by atoms with Gasteiger partial charge in [-0.2, -0.15) is 5.10 Å². The Morgan fingerprint density at radius 3 is 2.71 bits per heavy atom. The number of nitrogens with zero attached hydrogens (tertiary/aromatic N) is 5. The summed E-state index contributed by atoms with van der Waals surface area (Å²) in [5.41, 5.74) is 2.27. The van der Waals surface area contributed by atoms with Crippen LogP contribution >= 0.6 is 0 Å². The van der Waals surface area contributed by atoms with E-state index >= 15 is 0 Å². The molecule has 1 amide bonds. The third kappa shape index (κ3) is 4.03. The molecule has 9 heteroatoms. The fourth-order valence-electron chi connectivity index (χ4n) is 3.03. The first kappa shape index (κ1) is 18.1. The van der Waals surface area contributed by atoms with Crippen molar-refractivity contribution in [2.24, 2.45) is 0 Å². The van der Waals surface area contributed by atoms with E-state index in [1.54, 1.807) is 10.7 Å². The van der Waals surface area contributed by atoms with Crippen molar-refractivity contribution in [2.75, 3.05) is 18.4 Å². The minimum absolute atomic E-state index is 0.236. The minimum atomic E-state index is -0.236. The van der Waals surface area contributed by atoms with Gasteiger partial charge in [-0.15, -0.1) is 0 Å². The molecule has 0 unspecified atom stereocenters. The van der Waals surface area contributed by atoms with Gasteiger partial charge in [0, 0.05) is 36.8 Å². The number of hydrogen-bond donors (Lipinski definition) is 2. The van der Waals surface area contributed by atoms with Crippen molar-refractivity contribution in [3.8, 4) is 5.82 Å². The smallest absolute Gasteiger partial charge is 0.273 e. The molecule has 0 aromatic carbocycles. The summed E-state index contributed by atoms with van der Waals surface area (Å²) in [4.78, 5) is 21.0. The summed E-state index contributed by atoms with van der Waals surface area (Å²) < 4.78 is 7.00. The number of amides is 1. The Kier molecular flexibility index (Phi) is 4.81. The molecule has 3 heterocycles. The summed E-state index contributed by atoms with van der Waals surface area (Å²) in [5.74, 6) is 3.04. The lowest BCUT2D eigenvalue weighted by atomic mass is 10.3. The number of nitrogens with one attached hydrogen (secondary N) is 2. The number of aromatic nitrogens is 5. The molecule has 3 aromatic heterocycles. The molecule has 9 nitrogen and oxygen atoms in total. The molecule has 4 rings (SSSR count). The van der Waals surface area contributed by atoms with Crippen molar-refractivity contribution in [2.45, 2.75) is 39.5 Å². The zero-order chi connectivity index (χ0) is 19.7. The van der Waals surface area contributed by atoms with Gasteiger partial charge in [-0.1, -0.05) is 5.16 Å². The van der Waals surface area contributed by atoms with Crippen molar-refractivity contribution >= 4 is 11.7 Å². The van der Waals surface area contributed by atoms with Gasteiger partial charge in [0.25, 0.3) is 5.91 Å². The van der Waals surface area contributed by atoms with Crippen molar-refractivity contribution in [1.82, 2.24) is 30.2 Å². The maximum absolute atomic E-state index is 12.1. The van der Waals surface area contributed by atoms with Crippen molar-refractivity contribution in [3.63, 3.8) is 0 Å². The van der Waals surface area contributed by atoms with Crippen LogP contribution in [0.1, 0.15) is 52.2 Å². The Morgan fingerprint density at radius 2 is 2.00 bits per heavy atom. The molecular formula is C19H23N7O2. The summed E-state index contributed by atoms with van der Waals surface area (Å²) >= 11 is 0. The highest BCUT2D eigenvalue weighted by molar-refractivity contribution is 5.92. The van der Waals surface area contributed by atoms with E-state index in [9.17, 15) is 4.79 Å². The maximum Gasteiger partial charge on any atom is 0.273 e. The molecule has 146 valence electrons. The van der Waals surface area contributed by atoms with Gasteiger partial charge in [-0.05, 0) is 39.7 Å². The fraction of sp³-hybridized carbons (Fsp3) is 0.421. The average molecular weight is 381 g/mol. The number of rotatable bonds is 7. The Balaban J connectivity index is 1.33. The first-order valence-corrected chi connectivity index (χ1v) is 9.37. The van der Waals surface area contributed by atoms with Gasteiger partial charge in [0.1, 0.15) is 17.4 Å². The molecule has 0 radical (unpaired) electrons. The maximum atomic E-state index is 12.1. The summed E-state index contributed by atoms with van der Waals surface area (Å²) in [6.45, 7) is 6.72. The second-order valence-electron chi connectivity index (χ2n) is 7.07. The van der Waals surface area contributed by atoms with E-state index in [0.717, 1.165) is 30.0 Å². The summed E-state index contributed by atoms with van der Waals surface area (Å²) in [6.07, 6.45) is 2.22. The average Bonchev–Trinajstić information content (AvgIpc) is 3.28. The SMILES string of the molecule is Cc1cc(C)n(-c2cc(NCCNC(=O)c3cc(C4CC4)on3)nc(C)n2)n1. The molecule has 0 spiro atoms. The van der Waals surface area contributed by atoms with E-state index in [1.165, 1.54) is 0 Å². The molecule has 0 saturated heterocycles. The Hall–Kier alpha value is -3.23. The first-order valence-electron chi connectivity index (χ1n) is 9.37. The molecule has 1 saturated carbocycles. The van der Waals surface area contributed by atoms with Crippen molar-refractivity contribution in [1.29, 1.82) is 0 Å². The number of hydrogen-bond acceptors (Lipinski definition) is 7. The van der Waals surface area contributed by atoms with Gasteiger partial charge < -0.3 is 15.2 Å². The van der Waals surface area contributed by atoms with E-state index < -0.39 is 0 Å². The van der Waals surface area contributed by atoms with Gasteiger partial charge in [0.15, 0.2) is 11.5 Å². The highest BCUT2D eigenvalue weighted by Gasteiger charge is 2.28. The molecular weight excluding hydrogens is 358 g/mol. The zero-order valence-electron chi connectivity index (χ0n) is 16.2. The summed E-state index contributed by atoms with van der Waals surface area (Å²) in [7, 11) is 0. The number of carbonyl (C=O) groups is 1. The fourth-order valence-corrected chi connectivity index (χ4v) is 3.03. The molecule has 0 atom stereocenters. The van der Waals surface area contributed by atoms with Gasteiger partial charge >= 0.3 is 0 Å². The molecule has 0 bridgehead atoms. The number of anilines is 1. The van der Waals surface area contributed by atoms with Crippen LogP contribution in [0.4, 0.5) is 5.82 Å². The van der Waals surface area contributed by atoms with Gasteiger partial charge in [-0.3, -0.25) is 4.79 Å². The third-order valence-electron chi connectivity index (χ3n) is 4.51. The van der Waals surface area contributed by atoms with Crippen LogP contribution in [-0.4, -0.2) is 43.9 Å². The van der Waals surface area contributed by atoms with Crippen molar-refractivity contribution in [3.05, 3.63) is 46.9 Å². The number of aryl methyl sites for hydroxylation is 3. The van der Waals surface area contributed by atoms with Crippen LogP contribution in [0, 0.1) is 20.8 Å². The van der Waals surface area contributed by atoms with Crippen LogP contribution in [0.15, 0.2) is 22.7 Å². The predicted molar refractivity (Wildman–Crippen MR) is 103 cm³/mol. The zero-order valence-corrected chi connectivity index (χ0v) is 16.2. The highest BCUT2D eigenvalue weighted by Crippen LogP contribution is 2.40. The van der Waals surface area contributed by atoms with Gasteiger partial charge in [0.2, 0.25) is 0 Å². The quantitative estimate of drug-likeness (QED) is 0.604. The van der Waals surface area contributed by atoms with Crippen LogP contribution < -0.4 is 10.6 Å². The normalized spacial score (nSPS) is 13.5. The van der Waals surface area contributed by atoms with Crippen LogP contribution in [0.2, 0.25) is 0 Å². The van der Waals surface area contributed by atoms with Gasteiger partial charge in [0.05, 0.1) is 5.69 Å². The van der Waals surface area contributed by atoms with Crippen molar-refractivity contribution < 1.29 is 9.32 Å². The second-order valence-corrected chi connectivity index (χ2v) is 7.07. The Bertz CT molecular complexity index is 1000. The van der Waals surface area contributed by atoms with Crippen LogP contribution in [-0.2, 0) is 0 Å². The lowest BCUT2D eigenvalue weighted by Crippen LogP contribution is -2.29. The van der Waals surface area contributed by atoms with E-state index in [2.05, 4.69) is 30.9 Å². The Labute approximate surface area is 162 Å². The molecule has 3 aromatic rings. The summed E-state index contributed by atoms with van der Waals surface area (Å²) in [5, 5.41) is 14.3. The first-order chi connectivity index (χ1) is 13.5. The highest BCUT2D eigenvalue weighted by atomic mass is 16.5. The third-order valence-corrected chi connectivity index (χ3v) is 4.51. The standard InChI is InChI=1S/C19H23N7O2/c1-11-8-12(2)26(24-11)18-10-17(22-13(3)23-18)20-6-7-21-19(27)15-9-16(28-25-15)14-4-5-14/h8-10,14H,4-7H2,1-3H3,(H,21,27)(H,20,22,23). The number of carbonyl (C=O) groups excluding carboxylic acids is 1. The molecule has 28 heavy (non-hydrogen) atoms. The molecule has 1 fully saturated rings. The van der Waals surface area contributed by atoms with Crippen LogP contribution in [0.25, 0.3) is 5.82 Å². The minimum Gasteiger partial charge on any atom is -0.368 e. The van der Waals surface area contributed by atoms with E-state index in [1.807, 2.05) is 32.9 Å². The molecule has 1 aliphatic rings. The lowest BCUT2D eigenvalue weighted by Gasteiger charge is -2.10. The second kappa shape index (κ2) is 7.41. The predicted octanol–water partition coefficient (Wildman–Crippen LogP) is 2.29. The molecule has 2 N–H and O–H groups in total. The van der Waals surface area contributed by atoms with Gasteiger partial charge in [-0.25, -0.2) is 14.6 Å². The lowest BCUT2D eigenvalue weighted by molar-refractivity contribution is 0.0946. The molecule has 0 aliphatic heterocycles. The molecule has 1 aliphatic carbocycles.